The summed E-state index contributed by atoms with van der Waals surface area (Å²) in [7, 11) is -9.22. The zero-order valence-electron chi connectivity index (χ0n) is 28.3. The molecule has 0 saturated carbocycles. The van der Waals surface area contributed by atoms with Gasteiger partial charge < -0.3 is 29.0 Å². The first-order valence-electron chi connectivity index (χ1n) is 15.7. The van der Waals surface area contributed by atoms with E-state index in [1.54, 1.807) is 24.3 Å². The fraction of sp³-hybridized carbons (Fsp3) is 0.562. The van der Waals surface area contributed by atoms with Crippen molar-refractivity contribution in [3.8, 4) is 11.5 Å². The molecule has 0 spiro atoms. The molecule has 262 valence electrons. The van der Waals surface area contributed by atoms with Crippen LogP contribution in [0.5, 0.6) is 11.5 Å². The molecule has 5 rings (SSSR count). The Bertz CT molecular complexity index is 2020. The smallest absolute Gasteiger partial charge is 0.748 e. The van der Waals surface area contributed by atoms with Crippen molar-refractivity contribution in [2.75, 3.05) is 29.5 Å². The fourth-order valence-corrected chi connectivity index (χ4v) is 9.15. The Morgan fingerprint density at radius 3 is 2.08 bits per heavy atom. The van der Waals surface area contributed by atoms with Crippen LogP contribution in [-0.4, -0.2) is 83.8 Å². The zero-order chi connectivity index (χ0) is 35.4. The van der Waals surface area contributed by atoms with E-state index in [-0.39, 0.29) is 42.4 Å². The Morgan fingerprint density at radius 2 is 1.49 bits per heavy atom. The van der Waals surface area contributed by atoms with Crippen LogP contribution in [-0.2, 0) is 29.8 Å². The van der Waals surface area contributed by atoms with Crippen LogP contribution in [0.15, 0.2) is 29.3 Å². The quantitative estimate of drug-likeness (QED) is 0.136. The molecule has 14 nitrogen and oxygen atoms in total. The average Bonchev–Trinajstić information content (AvgIpc) is 2.91. The van der Waals surface area contributed by atoms with E-state index in [0.717, 1.165) is 0 Å². The van der Waals surface area contributed by atoms with Gasteiger partial charge in [-0.2, -0.15) is 0 Å². The van der Waals surface area contributed by atoms with E-state index in [4.69, 9.17) is 9.73 Å². The van der Waals surface area contributed by atoms with Crippen LogP contribution in [0.2, 0.25) is 0 Å². The van der Waals surface area contributed by atoms with E-state index < -0.39 is 66.6 Å². The molecule has 17 heteroatoms. The normalized spacial score (nSPS) is 20.4. The monoisotopic (exact) mass is 729 g/mol. The largest absolute Gasteiger partial charge is 1.00 e. The van der Waals surface area contributed by atoms with E-state index >= 15 is 0 Å². The molecule has 3 aliphatic rings. The second-order valence-electron chi connectivity index (χ2n) is 14.1. The van der Waals surface area contributed by atoms with Gasteiger partial charge in [-0.05, 0) is 58.2 Å². The molecule has 2 aromatic carbocycles. The number of rotatable bonds is 12. The molecule has 0 bridgehead atoms. The van der Waals surface area contributed by atoms with Gasteiger partial charge in [-0.15, -0.1) is 0 Å². The molecular weight excluding hydrogens is 689 g/mol. The molecule has 0 aliphatic carbocycles. The number of anilines is 1. The molecule has 0 saturated heterocycles. The van der Waals surface area contributed by atoms with Crippen LogP contribution in [0.1, 0.15) is 89.2 Å². The predicted molar refractivity (Wildman–Crippen MR) is 173 cm³/mol. The third-order valence-electron chi connectivity index (χ3n) is 9.45. The van der Waals surface area contributed by atoms with Gasteiger partial charge in [0.2, 0.25) is 5.36 Å². The number of carbonyl (C=O) groups is 2. The molecule has 2 unspecified atom stereocenters. The first-order chi connectivity index (χ1) is 22.1. The Labute approximate surface area is 307 Å². The van der Waals surface area contributed by atoms with Gasteiger partial charge in [0, 0.05) is 72.0 Å². The molecule has 2 atom stereocenters. The standard InChI is InChI=1S/C32H41N3O11S2.Na/c1-31(2)15-19(17-47(40,41)42)21-11-23-27(13-25(21)34(31)9-5-7-29(36)37)46-28-14-26-22(12-24(28)33-23)20(18-48(43,44)45)16-32(3,4)35(26)10-6-8-30(38)39;/h11-14,19-20H,5-10,15-18H2,1-4H3,(H3-,36,37,38,39,40,41,42,43,44,45);/q;+1/p-1. The summed E-state index contributed by atoms with van der Waals surface area (Å²) < 4.78 is 80.2. The van der Waals surface area contributed by atoms with Gasteiger partial charge in [0.25, 0.3) is 0 Å². The van der Waals surface area contributed by atoms with E-state index in [1.807, 2.05) is 37.2 Å². The summed E-state index contributed by atoms with van der Waals surface area (Å²) in [5, 5.41) is 19.5. The van der Waals surface area contributed by atoms with Gasteiger partial charge in [0.15, 0.2) is 17.0 Å². The van der Waals surface area contributed by atoms with Crippen LogP contribution in [0.3, 0.4) is 0 Å². The summed E-state index contributed by atoms with van der Waals surface area (Å²) in [4.78, 5) is 29.4. The minimum atomic E-state index is -4.61. The van der Waals surface area contributed by atoms with Crippen molar-refractivity contribution in [1.29, 1.82) is 0 Å². The van der Waals surface area contributed by atoms with Crippen molar-refractivity contribution in [1.82, 2.24) is 4.58 Å². The van der Waals surface area contributed by atoms with Gasteiger partial charge in [-0.1, -0.05) is 0 Å². The summed E-state index contributed by atoms with van der Waals surface area (Å²) in [6.45, 7) is 8.35. The first-order valence-corrected chi connectivity index (χ1v) is 18.9. The summed E-state index contributed by atoms with van der Waals surface area (Å²) in [6.07, 6.45) is 1.16. The number of benzene rings is 2. The van der Waals surface area contributed by atoms with Crippen molar-refractivity contribution < 1.29 is 80.0 Å². The van der Waals surface area contributed by atoms with Crippen molar-refractivity contribution in [2.45, 2.75) is 89.1 Å². The Kier molecular flexibility index (Phi) is 11.4. The molecule has 2 aromatic rings. The maximum absolute atomic E-state index is 12.0. The number of nitrogens with zero attached hydrogens (tertiary/aromatic N) is 3. The van der Waals surface area contributed by atoms with Crippen LogP contribution in [0.4, 0.5) is 11.4 Å². The van der Waals surface area contributed by atoms with E-state index in [0.29, 0.717) is 83.5 Å². The third-order valence-corrected chi connectivity index (χ3v) is 11.1. The van der Waals surface area contributed by atoms with Crippen LogP contribution in [0, 0.1) is 0 Å². The number of carboxylic acids is 2. The number of hydrogen-bond acceptors (Lipinski definition) is 11. The van der Waals surface area contributed by atoms with Crippen LogP contribution < -0.4 is 54.5 Å². The third kappa shape index (κ3) is 9.01. The van der Waals surface area contributed by atoms with Crippen LogP contribution in [0.25, 0.3) is 0 Å². The second-order valence-corrected chi connectivity index (χ2v) is 17.0. The zero-order valence-corrected chi connectivity index (χ0v) is 31.9. The number of hydrogen-bond donors (Lipinski definition) is 2. The number of fused-ring (bicyclic) bond motifs is 4. The molecule has 49 heavy (non-hydrogen) atoms. The maximum atomic E-state index is 12.0. The Hall–Kier alpha value is -2.60. The van der Waals surface area contributed by atoms with E-state index in [1.165, 1.54) is 0 Å². The minimum Gasteiger partial charge on any atom is -0.748 e. The molecule has 3 aliphatic heterocycles. The summed E-state index contributed by atoms with van der Waals surface area (Å²) in [6, 6.07) is 6.82. The molecule has 0 radical (unpaired) electrons. The number of ether oxygens (including phenoxy) is 1. The molecule has 0 fully saturated rings. The average molecular weight is 730 g/mol. The maximum Gasteiger partial charge on any atom is 1.00 e. The van der Waals surface area contributed by atoms with Gasteiger partial charge in [-0.25, -0.2) is 26.4 Å². The van der Waals surface area contributed by atoms with Crippen LogP contribution >= 0.6 is 0 Å². The van der Waals surface area contributed by atoms with Crippen molar-refractivity contribution in [3.63, 3.8) is 0 Å². The van der Waals surface area contributed by atoms with Crippen molar-refractivity contribution in [2.24, 2.45) is 4.99 Å². The number of carboxylic acid groups (broad SMARTS) is 2. The Balaban J connectivity index is 0.00000541. The molecule has 0 aromatic heterocycles. The minimum absolute atomic E-state index is 0. The molecule has 3 heterocycles. The van der Waals surface area contributed by atoms with E-state index in [2.05, 4.69) is 0 Å². The van der Waals surface area contributed by atoms with Gasteiger partial charge >= 0.3 is 41.5 Å². The first kappa shape index (κ1) is 39.2. The summed E-state index contributed by atoms with van der Waals surface area (Å²) in [5.74, 6) is -3.77. The van der Waals surface area contributed by atoms with Crippen molar-refractivity contribution in [3.05, 3.63) is 46.1 Å². The number of aliphatic carboxylic acids is 2. The second kappa shape index (κ2) is 14.2. The summed E-state index contributed by atoms with van der Waals surface area (Å²) >= 11 is 0. The van der Waals surface area contributed by atoms with Crippen molar-refractivity contribution >= 4 is 43.5 Å². The molecular formula is C32H40N3NaO11S2. The van der Waals surface area contributed by atoms with Gasteiger partial charge in [-0.3, -0.25) is 9.59 Å². The predicted octanol–water partition coefficient (Wildman–Crippen LogP) is -0.603. The van der Waals surface area contributed by atoms with Gasteiger partial charge in [0.05, 0.1) is 32.7 Å². The molecule has 2 N–H and O–H groups in total. The Morgan fingerprint density at radius 1 is 0.898 bits per heavy atom. The van der Waals surface area contributed by atoms with Gasteiger partial charge in [0.1, 0.15) is 17.6 Å². The van der Waals surface area contributed by atoms with E-state index in [9.17, 15) is 45.7 Å². The fourth-order valence-electron chi connectivity index (χ4n) is 7.57. The summed E-state index contributed by atoms with van der Waals surface area (Å²) in [5.41, 5.74) is 0.852. The molecule has 0 amide bonds. The SMILES string of the molecule is CC1(C)CC(CS(=O)(=O)[O-])c2cc3c(cc2N1CCCC(=O)O)Oc1cc2c(cc1=N3)C(CS(=O)(=O)[O-])CC(C)(C)[N+]=2CCCC(=O)O.[Na+]. The topological polar surface area (TPSA) is 217 Å².